The molecule has 0 amide bonds. The van der Waals surface area contributed by atoms with E-state index < -0.39 is 17.2 Å². The minimum absolute atomic E-state index is 0.0364. The minimum Gasteiger partial charge on any atom is -0.493 e. The van der Waals surface area contributed by atoms with E-state index in [0.717, 1.165) is 10.0 Å². The maximum Gasteiger partial charge on any atom is 0.678 e. The Bertz CT molecular complexity index is 1270. The molecular formula is C25H24BCl3F2N2O4. The fourth-order valence-electron chi connectivity index (χ4n) is 3.61. The Morgan fingerprint density at radius 1 is 1.11 bits per heavy atom. The largest absolute Gasteiger partial charge is 0.678 e. The van der Waals surface area contributed by atoms with Crippen LogP contribution in [0.25, 0.3) is 18.2 Å². The molecule has 0 radical (unpaired) electrons. The standard InChI is InChI=1S/C25H24BCl3F2N2O4/c1-16-12-20(9-4-17-5-10-22(35-2)23(13-17)36-3)33(26(30)31)21(16)14-19-7-6-18(32-19)8-11-24(34)37-15-25(27,28)29/h4-7,9-10,12-14H,8,11,15H2,1-3H3/b9-4+,19-14+. The molecule has 1 aromatic carbocycles. The number of methoxy groups -OCH3 is 2. The van der Waals surface area contributed by atoms with Gasteiger partial charge in [0, 0.05) is 23.5 Å². The molecule has 0 saturated heterocycles. The highest BCUT2D eigenvalue weighted by Crippen LogP contribution is 2.29. The number of hydrogen-bond donors (Lipinski definition) is 0. The van der Waals surface area contributed by atoms with Gasteiger partial charge in [-0.1, -0.05) is 46.9 Å². The van der Waals surface area contributed by atoms with Gasteiger partial charge >= 0.3 is 13.4 Å². The molecule has 3 rings (SSSR count). The molecule has 0 atom stereocenters. The van der Waals surface area contributed by atoms with Crippen LogP contribution in [0.4, 0.5) is 8.63 Å². The number of carbonyl (C=O) groups excluding carboxylic acids is 1. The number of halogens is 5. The Morgan fingerprint density at radius 3 is 2.49 bits per heavy atom. The van der Waals surface area contributed by atoms with Crippen molar-refractivity contribution in [1.29, 1.82) is 0 Å². The van der Waals surface area contributed by atoms with Crippen LogP contribution in [0.3, 0.4) is 0 Å². The lowest BCUT2D eigenvalue weighted by Crippen LogP contribution is -2.17. The number of aliphatic imine (C=N–C) groups is 1. The third-order valence-electron chi connectivity index (χ3n) is 5.34. The monoisotopic (exact) mass is 570 g/mol. The molecule has 196 valence electrons. The first-order chi connectivity index (χ1) is 17.5. The zero-order chi connectivity index (χ0) is 27.2. The number of carbonyl (C=O) groups is 1. The van der Waals surface area contributed by atoms with Gasteiger partial charge < -0.3 is 18.7 Å². The molecule has 0 unspecified atom stereocenters. The average molecular weight is 572 g/mol. The Balaban J connectivity index is 1.77. The number of alkyl halides is 3. The highest BCUT2D eigenvalue weighted by molar-refractivity contribution is 6.67. The number of rotatable bonds is 10. The van der Waals surface area contributed by atoms with Crippen LogP contribution >= 0.6 is 34.8 Å². The number of hydrogen-bond acceptors (Lipinski definition) is 5. The van der Waals surface area contributed by atoms with Gasteiger partial charge in [0.2, 0.25) is 3.79 Å². The summed E-state index contributed by atoms with van der Waals surface area (Å²) in [5.74, 6) is 0.577. The van der Waals surface area contributed by atoms with Crippen molar-refractivity contribution in [2.24, 2.45) is 4.99 Å². The molecule has 37 heavy (non-hydrogen) atoms. The Kier molecular flexibility index (Phi) is 9.87. The summed E-state index contributed by atoms with van der Waals surface area (Å²) in [7, 11) is 0.296. The summed E-state index contributed by atoms with van der Waals surface area (Å²) >= 11 is 16.7. The van der Waals surface area contributed by atoms with E-state index in [9.17, 15) is 13.4 Å². The number of ether oxygens (including phenoxy) is 3. The topological polar surface area (TPSA) is 62.0 Å². The molecule has 1 aliphatic rings. The molecule has 12 heteroatoms. The number of esters is 1. The number of allylic oxidation sites excluding steroid dienone is 2. The maximum absolute atomic E-state index is 14.1. The molecule has 1 aliphatic heterocycles. The summed E-state index contributed by atoms with van der Waals surface area (Å²) in [5, 5.41) is 0. The molecule has 0 bridgehead atoms. The molecule has 2 aromatic rings. The van der Waals surface area contributed by atoms with Crippen LogP contribution in [0.2, 0.25) is 0 Å². The van der Waals surface area contributed by atoms with Crippen molar-refractivity contribution in [3.05, 3.63) is 64.6 Å². The summed E-state index contributed by atoms with van der Waals surface area (Å²) in [6, 6.07) is 6.98. The fourth-order valence-corrected chi connectivity index (χ4v) is 3.77. The number of aryl methyl sites for hydroxylation is 1. The Labute approximate surface area is 229 Å². The van der Waals surface area contributed by atoms with E-state index in [1.807, 2.05) is 0 Å². The normalized spacial score (nSPS) is 14.4. The van der Waals surface area contributed by atoms with Gasteiger partial charge in [0.15, 0.2) is 11.5 Å². The van der Waals surface area contributed by atoms with E-state index in [2.05, 4.69) is 4.99 Å². The van der Waals surface area contributed by atoms with Gasteiger partial charge in [0.05, 0.1) is 26.3 Å². The smallest absolute Gasteiger partial charge is 0.493 e. The molecular weight excluding hydrogens is 547 g/mol. The van der Waals surface area contributed by atoms with Crippen LogP contribution in [0.5, 0.6) is 11.5 Å². The molecule has 0 saturated carbocycles. The van der Waals surface area contributed by atoms with Gasteiger partial charge in [-0.25, -0.2) is 0 Å². The van der Waals surface area contributed by atoms with Gasteiger partial charge in [0.25, 0.3) is 0 Å². The predicted octanol–water partition coefficient (Wildman–Crippen LogP) is 6.80. The fraction of sp³-hybridized carbons (Fsp3) is 0.280. The van der Waals surface area contributed by atoms with Crippen molar-refractivity contribution in [1.82, 2.24) is 4.48 Å². The SMILES string of the molecule is COc1ccc(/C=C/c2cc(C)c(/C=C3\C=CC(CCC(=O)OCC(Cl)(Cl)Cl)=N3)n2B(F)F)cc1OC. The van der Waals surface area contributed by atoms with Crippen LogP contribution < -0.4 is 9.47 Å². The predicted molar refractivity (Wildman–Crippen MR) is 146 cm³/mol. The van der Waals surface area contributed by atoms with Crippen LogP contribution in [-0.2, 0) is 9.53 Å². The van der Waals surface area contributed by atoms with E-state index in [4.69, 9.17) is 49.0 Å². The van der Waals surface area contributed by atoms with Crippen molar-refractivity contribution < 1.29 is 27.6 Å². The Hall–Kier alpha value is -2.75. The van der Waals surface area contributed by atoms with E-state index in [0.29, 0.717) is 46.3 Å². The second-order valence-electron chi connectivity index (χ2n) is 8.01. The molecule has 2 heterocycles. The van der Waals surface area contributed by atoms with Gasteiger partial charge in [-0.15, -0.1) is 0 Å². The second-order valence-corrected chi connectivity index (χ2v) is 10.5. The first kappa shape index (κ1) is 28.8. The van der Waals surface area contributed by atoms with Crippen LogP contribution in [-0.4, -0.2) is 48.2 Å². The average Bonchev–Trinajstić information content (AvgIpc) is 3.43. The van der Waals surface area contributed by atoms with E-state index in [-0.39, 0.29) is 13.0 Å². The molecule has 0 aliphatic carbocycles. The zero-order valence-electron chi connectivity index (χ0n) is 20.3. The van der Waals surface area contributed by atoms with Gasteiger partial charge in [-0.05, 0) is 60.6 Å². The lowest BCUT2D eigenvalue weighted by Gasteiger charge is -2.10. The molecule has 1 aromatic heterocycles. The van der Waals surface area contributed by atoms with Crippen LogP contribution in [0.15, 0.2) is 47.1 Å². The highest BCUT2D eigenvalue weighted by atomic mass is 35.6. The highest BCUT2D eigenvalue weighted by Gasteiger charge is 2.25. The van der Waals surface area contributed by atoms with Crippen molar-refractivity contribution in [3.8, 4) is 11.5 Å². The van der Waals surface area contributed by atoms with Gasteiger partial charge in [-0.3, -0.25) is 18.4 Å². The quantitative estimate of drug-likeness (QED) is 0.179. The first-order valence-electron chi connectivity index (χ1n) is 11.1. The number of nitrogens with zero attached hydrogens (tertiary/aromatic N) is 2. The summed E-state index contributed by atoms with van der Waals surface area (Å²) in [5.41, 5.74) is 3.18. The van der Waals surface area contributed by atoms with Crippen molar-refractivity contribution in [2.45, 2.75) is 23.6 Å². The van der Waals surface area contributed by atoms with Crippen molar-refractivity contribution >= 4 is 72.1 Å². The molecule has 0 N–H and O–H groups in total. The van der Waals surface area contributed by atoms with E-state index >= 15 is 0 Å². The Morgan fingerprint density at radius 2 is 1.84 bits per heavy atom. The molecule has 0 spiro atoms. The summed E-state index contributed by atoms with van der Waals surface area (Å²) in [4.78, 5) is 16.2. The van der Waals surface area contributed by atoms with Crippen molar-refractivity contribution in [3.63, 3.8) is 0 Å². The van der Waals surface area contributed by atoms with E-state index in [1.54, 1.807) is 61.6 Å². The number of aromatic nitrogens is 1. The summed E-state index contributed by atoms with van der Waals surface area (Å²) in [6.45, 7) is 1.40. The molecule has 6 nitrogen and oxygen atoms in total. The minimum atomic E-state index is -2.77. The lowest BCUT2D eigenvalue weighted by molar-refractivity contribution is -0.143. The molecule has 0 fully saturated rings. The van der Waals surface area contributed by atoms with Gasteiger partial charge in [-0.2, -0.15) is 0 Å². The second kappa shape index (κ2) is 12.7. The summed E-state index contributed by atoms with van der Waals surface area (Å²) in [6.07, 6.45) is 8.67. The van der Waals surface area contributed by atoms with Crippen molar-refractivity contribution in [2.75, 3.05) is 20.8 Å². The lowest BCUT2D eigenvalue weighted by atomic mass is 10.1. The summed E-state index contributed by atoms with van der Waals surface area (Å²) < 4.78 is 42.9. The van der Waals surface area contributed by atoms with Crippen LogP contribution in [0.1, 0.15) is 35.4 Å². The van der Waals surface area contributed by atoms with E-state index in [1.165, 1.54) is 14.2 Å². The maximum atomic E-state index is 14.1. The van der Waals surface area contributed by atoms with Crippen LogP contribution in [0, 0.1) is 6.92 Å². The number of benzene rings is 1. The third-order valence-corrected chi connectivity index (χ3v) is 5.67. The third kappa shape index (κ3) is 8.12. The zero-order valence-corrected chi connectivity index (χ0v) is 22.6. The first-order valence-corrected chi connectivity index (χ1v) is 12.2. The van der Waals surface area contributed by atoms with Gasteiger partial charge in [0.1, 0.15) is 6.61 Å².